The van der Waals surface area contributed by atoms with E-state index >= 15 is 0 Å². The summed E-state index contributed by atoms with van der Waals surface area (Å²) in [5.41, 5.74) is 6.47. The van der Waals surface area contributed by atoms with Crippen molar-refractivity contribution in [1.82, 2.24) is 35.2 Å². The summed E-state index contributed by atoms with van der Waals surface area (Å²) in [6, 6.07) is 0.484. The summed E-state index contributed by atoms with van der Waals surface area (Å²) < 4.78 is 3.69. The van der Waals surface area contributed by atoms with Gasteiger partial charge in [0.1, 0.15) is 6.54 Å². The Labute approximate surface area is 111 Å². The Hall–Kier alpha value is -1.83. The predicted octanol–water partition coefficient (Wildman–Crippen LogP) is -0.0708. The number of tetrazole rings is 1. The van der Waals surface area contributed by atoms with Crippen molar-refractivity contribution in [2.45, 2.75) is 44.7 Å². The van der Waals surface area contributed by atoms with Gasteiger partial charge in [-0.2, -0.15) is 0 Å². The van der Waals surface area contributed by atoms with Crippen molar-refractivity contribution in [3.8, 4) is 0 Å². The molecule has 19 heavy (non-hydrogen) atoms. The number of unbranched alkanes of at least 4 members (excludes halogenated alkanes) is 1. The zero-order valence-corrected chi connectivity index (χ0v) is 10.8. The molecular formula is C11H18N8. The standard InChI is InChI=1S/C11H18N8/c12-6-2-1-3-9-7-18(16-13-9)8-11-14-15-17-19(11)10-4-5-10/h7,10H,1-6,8,12H2. The van der Waals surface area contributed by atoms with E-state index in [0.717, 1.165) is 37.3 Å². The molecule has 1 aliphatic carbocycles. The summed E-state index contributed by atoms with van der Waals surface area (Å²) in [6.07, 6.45) is 7.29. The van der Waals surface area contributed by atoms with Gasteiger partial charge in [0.05, 0.1) is 11.7 Å². The molecule has 1 saturated carbocycles. The summed E-state index contributed by atoms with van der Waals surface area (Å²) in [6.45, 7) is 1.30. The number of hydrogen-bond acceptors (Lipinski definition) is 6. The average Bonchev–Trinajstić information content (AvgIpc) is 2.99. The van der Waals surface area contributed by atoms with Crippen LogP contribution in [-0.4, -0.2) is 41.7 Å². The number of hydrogen-bond donors (Lipinski definition) is 1. The van der Waals surface area contributed by atoms with Crippen LogP contribution in [0.1, 0.15) is 43.2 Å². The zero-order chi connectivity index (χ0) is 13.1. The van der Waals surface area contributed by atoms with Crippen LogP contribution in [0.15, 0.2) is 6.20 Å². The van der Waals surface area contributed by atoms with Crippen LogP contribution in [0, 0.1) is 0 Å². The first-order valence-corrected chi connectivity index (χ1v) is 6.72. The van der Waals surface area contributed by atoms with Crippen molar-refractivity contribution in [2.24, 2.45) is 5.73 Å². The second kappa shape index (κ2) is 5.43. The molecule has 0 amide bonds. The van der Waals surface area contributed by atoms with E-state index in [-0.39, 0.29) is 0 Å². The van der Waals surface area contributed by atoms with Gasteiger partial charge >= 0.3 is 0 Å². The van der Waals surface area contributed by atoms with E-state index in [9.17, 15) is 0 Å². The van der Waals surface area contributed by atoms with Crippen LogP contribution in [0.4, 0.5) is 0 Å². The van der Waals surface area contributed by atoms with Gasteiger partial charge in [-0.3, -0.25) is 0 Å². The first-order valence-electron chi connectivity index (χ1n) is 6.72. The lowest BCUT2D eigenvalue weighted by Crippen LogP contribution is -2.09. The van der Waals surface area contributed by atoms with E-state index in [1.54, 1.807) is 4.68 Å². The molecule has 0 unspecified atom stereocenters. The molecule has 1 fully saturated rings. The van der Waals surface area contributed by atoms with Crippen LogP contribution in [0.3, 0.4) is 0 Å². The third-order valence-corrected chi connectivity index (χ3v) is 3.23. The quantitative estimate of drug-likeness (QED) is 0.701. The molecule has 0 saturated heterocycles. The molecule has 0 atom stereocenters. The second-order valence-corrected chi connectivity index (χ2v) is 4.92. The van der Waals surface area contributed by atoms with Crippen LogP contribution in [0.2, 0.25) is 0 Å². The lowest BCUT2D eigenvalue weighted by molar-refractivity contribution is 0.543. The molecule has 0 aromatic carbocycles. The highest BCUT2D eigenvalue weighted by Gasteiger charge is 2.27. The first-order chi connectivity index (χ1) is 9.36. The van der Waals surface area contributed by atoms with Gasteiger partial charge in [0, 0.05) is 6.20 Å². The number of aryl methyl sites for hydroxylation is 1. The number of nitrogens with zero attached hydrogens (tertiary/aromatic N) is 7. The minimum atomic E-state index is 0.484. The predicted molar refractivity (Wildman–Crippen MR) is 67.2 cm³/mol. The number of rotatable bonds is 7. The van der Waals surface area contributed by atoms with Crippen LogP contribution >= 0.6 is 0 Å². The molecule has 1 aliphatic rings. The fraction of sp³-hybridized carbons (Fsp3) is 0.727. The zero-order valence-electron chi connectivity index (χ0n) is 10.8. The van der Waals surface area contributed by atoms with Gasteiger partial charge in [-0.15, -0.1) is 10.2 Å². The van der Waals surface area contributed by atoms with Crippen molar-refractivity contribution in [2.75, 3.05) is 6.54 Å². The summed E-state index contributed by atoms with van der Waals surface area (Å²) in [5, 5.41) is 20.1. The Bertz CT molecular complexity index is 526. The molecule has 2 aromatic rings. The van der Waals surface area contributed by atoms with E-state index in [1.165, 1.54) is 12.8 Å². The highest BCUT2D eigenvalue weighted by Crippen LogP contribution is 2.34. The highest BCUT2D eigenvalue weighted by molar-refractivity contribution is 4.96. The summed E-state index contributed by atoms with van der Waals surface area (Å²) in [5.74, 6) is 0.848. The monoisotopic (exact) mass is 262 g/mol. The van der Waals surface area contributed by atoms with E-state index in [1.807, 2.05) is 10.9 Å². The molecule has 0 bridgehead atoms. The van der Waals surface area contributed by atoms with Crippen LogP contribution in [0.5, 0.6) is 0 Å². The van der Waals surface area contributed by atoms with Crippen molar-refractivity contribution in [1.29, 1.82) is 0 Å². The average molecular weight is 262 g/mol. The van der Waals surface area contributed by atoms with E-state index in [4.69, 9.17) is 5.73 Å². The smallest absolute Gasteiger partial charge is 0.173 e. The van der Waals surface area contributed by atoms with Crippen LogP contribution in [0.25, 0.3) is 0 Å². The Morgan fingerprint density at radius 1 is 1.21 bits per heavy atom. The SMILES string of the molecule is NCCCCc1cn(Cc2nnnn2C2CC2)nn1. The van der Waals surface area contributed by atoms with Crippen molar-refractivity contribution < 1.29 is 0 Å². The van der Waals surface area contributed by atoms with E-state index in [2.05, 4.69) is 25.8 Å². The summed E-state index contributed by atoms with van der Waals surface area (Å²) in [4.78, 5) is 0. The minimum Gasteiger partial charge on any atom is -0.330 e. The molecule has 0 radical (unpaired) electrons. The van der Waals surface area contributed by atoms with Gasteiger partial charge in [0.25, 0.3) is 0 Å². The maximum absolute atomic E-state index is 5.47. The number of nitrogens with two attached hydrogens (primary N) is 1. The van der Waals surface area contributed by atoms with E-state index < -0.39 is 0 Å². The van der Waals surface area contributed by atoms with Gasteiger partial charge in [0.15, 0.2) is 5.82 Å². The van der Waals surface area contributed by atoms with Gasteiger partial charge < -0.3 is 5.73 Å². The van der Waals surface area contributed by atoms with Gasteiger partial charge in [0.2, 0.25) is 0 Å². The molecule has 0 aliphatic heterocycles. The van der Waals surface area contributed by atoms with Gasteiger partial charge in [-0.05, 0) is 49.1 Å². The normalized spacial score (nSPS) is 15.0. The van der Waals surface area contributed by atoms with Gasteiger partial charge in [-0.1, -0.05) is 5.21 Å². The molecule has 2 heterocycles. The lowest BCUT2D eigenvalue weighted by atomic mass is 10.2. The Kier molecular flexibility index (Phi) is 3.49. The maximum Gasteiger partial charge on any atom is 0.173 e. The Balaban J connectivity index is 1.61. The van der Waals surface area contributed by atoms with Crippen LogP contribution < -0.4 is 5.73 Å². The molecule has 102 valence electrons. The highest BCUT2D eigenvalue weighted by atomic mass is 15.6. The van der Waals surface area contributed by atoms with Crippen molar-refractivity contribution in [3.63, 3.8) is 0 Å². The molecule has 0 spiro atoms. The molecule has 3 rings (SSSR count). The topological polar surface area (TPSA) is 100 Å². The Morgan fingerprint density at radius 2 is 2.11 bits per heavy atom. The second-order valence-electron chi connectivity index (χ2n) is 4.92. The third-order valence-electron chi connectivity index (χ3n) is 3.23. The van der Waals surface area contributed by atoms with Crippen LogP contribution in [-0.2, 0) is 13.0 Å². The third kappa shape index (κ3) is 2.95. The molecule has 8 nitrogen and oxygen atoms in total. The van der Waals surface area contributed by atoms with Crippen molar-refractivity contribution in [3.05, 3.63) is 17.7 Å². The largest absolute Gasteiger partial charge is 0.330 e. The molecule has 8 heteroatoms. The summed E-state index contributed by atoms with van der Waals surface area (Å²) >= 11 is 0. The van der Waals surface area contributed by atoms with Gasteiger partial charge in [-0.25, -0.2) is 9.36 Å². The lowest BCUT2D eigenvalue weighted by Gasteiger charge is -2.01. The molecular weight excluding hydrogens is 244 g/mol. The Morgan fingerprint density at radius 3 is 2.89 bits per heavy atom. The van der Waals surface area contributed by atoms with Crippen molar-refractivity contribution >= 4 is 0 Å². The maximum atomic E-state index is 5.47. The molecule has 2 N–H and O–H groups in total. The fourth-order valence-electron chi connectivity index (χ4n) is 2.04. The summed E-state index contributed by atoms with van der Waals surface area (Å²) in [7, 11) is 0. The molecule has 2 aromatic heterocycles. The fourth-order valence-corrected chi connectivity index (χ4v) is 2.04. The first kappa shape index (κ1) is 12.2. The minimum absolute atomic E-state index is 0.484. The van der Waals surface area contributed by atoms with E-state index in [0.29, 0.717) is 12.6 Å². The number of aromatic nitrogens is 7.